The second-order valence-electron chi connectivity index (χ2n) is 8.28. The van der Waals surface area contributed by atoms with Gasteiger partial charge in [0.2, 0.25) is 11.8 Å². The number of amides is 2. The Bertz CT molecular complexity index is 1460. The number of phenolic OH excluding ortho intramolecular Hbond substituents is 1. The number of carboxylic acids is 1. The number of hydrogen-bond acceptors (Lipinski definition) is 9. The van der Waals surface area contributed by atoms with Gasteiger partial charge in [-0.1, -0.05) is 27.7 Å². The number of ether oxygens (including phenoxy) is 2. The normalized spacial score (nSPS) is 15.9. The highest BCUT2D eigenvalue weighted by atomic mass is 79.9. The zero-order valence-corrected chi connectivity index (χ0v) is 23.4. The minimum absolute atomic E-state index is 0.0368. The molecular weight excluding hydrogens is 604 g/mol. The van der Waals surface area contributed by atoms with Gasteiger partial charge in [0, 0.05) is 16.6 Å². The van der Waals surface area contributed by atoms with E-state index in [1.807, 2.05) is 0 Å². The number of benzene rings is 3. The summed E-state index contributed by atoms with van der Waals surface area (Å²) in [5.74, 6) is -1.19. The summed E-state index contributed by atoms with van der Waals surface area (Å²) in [4.78, 5) is 38.2. The molecule has 0 bridgehead atoms. The molecule has 1 heterocycles. The van der Waals surface area contributed by atoms with Gasteiger partial charge in [-0.3, -0.25) is 14.5 Å². The van der Waals surface area contributed by atoms with Crippen LogP contribution in [0.3, 0.4) is 0 Å². The summed E-state index contributed by atoms with van der Waals surface area (Å²) in [6.45, 7) is -0.516. The number of carboxylic acid groups (broad SMARTS) is 1. The molecule has 1 aliphatic heterocycles. The summed E-state index contributed by atoms with van der Waals surface area (Å²) in [5, 5.41) is 29.2. The van der Waals surface area contributed by atoms with Crippen molar-refractivity contribution in [2.75, 3.05) is 23.9 Å². The van der Waals surface area contributed by atoms with Crippen molar-refractivity contribution in [3.8, 4) is 17.2 Å². The predicted octanol–water partition coefficient (Wildman–Crippen LogP) is 4.49. The monoisotopic (exact) mass is 626 g/mol. The molecule has 1 aliphatic rings. The highest BCUT2D eigenvalue weighted by Gasteiger charge is 2.40. The lowest BCUT2D eigenvalue weighted by atomic mass is 10.2. The van der Waals surface area contributed by atoms with E-state index in [1.54, 1.807) is 54.6 Å². The van der Waals surface area contributed by atoms with Crippen molar-refractivity contribution in [3.05, 3.63) is 76.8 Å². The number of rotatable bonds is 10. The first-order valence-corrected chi connectivity index (χ1v) is 13.4. The summed E-state index contributed by atoms with van der Waals surface area (Å²) >= 11 is 4.45. The molecule has 1 saturated heterocycles. The lowest BCUT2D eigenvalue weighted by molar-refractivity contribution is -0.139. The van der Waals surface area contributed by atoms with Crippen molar-refractivity contribution in [2.45, 2.75) is 11.7 Å². The molecule has 3 aromatic rings. The Morgan fingerprint density at radius 1 is 1.10 bits per heavy atom. The summed E-state index contributed by atoms with van der Waals surface area (Å²) in [6.07, 6.45) is 1.34. The smallest absolute Gasteiger partial charge is 0.341 e. The number of carbonyl (C=O) groups excluding carboxylic acids is 2. The van der Waals surface area contributed by atoms with Crippen LogP contribution in [0.15, 0.2) is 81.4 Å². The topological polar surface area (TPSA) is 150 Å². The van der Waals surface area contributed by atoms with Crippen molar-refractivity contribution in [1.82, 2.24) is 0 Å². The molecule has 2 amide bonds. The Morgan fingerprint density at radius 3 is 2.50 bits per heavy atom. The molecule has 1 fully saturated rings. The fourth-order valence-corrected chi connectivity index (χ4v) is 4.94. The van der Waals surface area contributed by atoms with Crippen LogP contribution in [0.25, 0.3) is 0 Å². The van der Waals surface area contributed by atoms with Crippen molar-refractivity contribution in [2.24, 2.45) is 10.2 Å². The molecule has 0 aliphatic carbocycles. The van der Waals surface area contributed by atoms with E-state index < -0.39 is 17.8 Å². The van der Waals surface area contributed by atoms with Crippen LogP contribution in [0.4, 0.5) is 11.4 Å². The average Bonchev–Trinajstić information content (AvgIpc) is 3.23. The fraction of sp³-hybridized carbons (Fsp3) is 0.148. The Kier molecular flexibility index (Phi) is 9.40. The highest BCUT2D eigenvalue weighted by molar-refractivity contribution is 9.10. The predicted molar refractivity (Wildman–Crippen MR) is 156 cm³/mol. The Labute approximate surface area is 241 Å². The maximum atomic E-state index is 13.3. The van der Waals surface area contributed by atoms with Gasteiger partial charge in [0.05, 0.1) is 19.0 Å². The number of methoxy groups -OCH3 is 1. The molecule has 11 nitrogen and oxygen atoms in total. The lowest BCUT2D eigenvalue weighted by Gasteiger charge is -2.16. The van der Waals surface area contributed by atoms with Crippen LogP contribution in [0, 0.1) is 0 Å². The Hall–Kier alpha value is -4.36. The molecule has 1 unspecified atom stereocenters. The number of aromatic hydroxyl groups is 1. The van der Waals surface area contributed by atoms with Crippen LogP contribution in [0.5, 0.6) is 17.2 Å². The van der Waals surface area contributed by atoms with Crippen molar-refractivity contribution < 1.29 is 34.1 Å². The zero-order valence-electron chi connectivity index (χ0n) is 21.0. The van der Waals surface area contributed by atoms with Crippen LogP contribution in [0.2, 0.25) is 0 Å². The largest absolute Gasteiger partial charge is 0.508 e. The summed E-state index contributed by atoms with van der Waals surface area (Å²) < 4.78 is 11.3. The molecule has 13 heteroatoms. The minimum Gasteiger partial charge on any atom is -0.508 e. The number of thioether (sulfide) groups is 1. The first-order chi connectivity index (χ1) is 19.2. The van der Waals surface area contributed by atoms with E-state index in [9.17, 15) is 19.5 Å². The zero-order chi connectivity index (χ0) is 28.6. The third kappa shape index (κ3) is 7.39. The summed E-state index contributed by atoms with van der Waals surface area (Å²) in [5.41, 5.74) is 1.65. The molecule has 3 aromatic carbocycles. The van der Waals surface area contributed by atoms with Crippen LogP contribution >= 0.6 is 27.7 Å². The highest BCUT2D eigenvalue weighted by Crippen LogP contribution is 2.35. The van der Waals surface area contributed by atoms with Gasteiger partial charge in [-0.15, -0.1) is 5.10 Å². The van der Waals surface area contributed by atoms with Crippen LogP contribution in [-0.4, -0.2) is 58.3 Å². The first kappa shape index (κ1) is 28.6. The fourth-order valence-electron chi connectivity index (χ4n) is 3.59. The third-order valence-electron chi connectivity index (χ3n) is 5.43. The molecule has 0 radical (unpaired) electrons. The van der Waals surface area contributed by atoms with E-state index in [2.05, 4.69) is 31.4 Å². The maximum Gasteiger partial charge on any atom is 0.341 e. The molecule has 206 valence electrons. The van der Waals surface area contributed by atoms with Gasteiger partial charge < -0.3 is 25.0 Å². The quantitative estimate of drug-likeness (QED) is 0.220. The molecule has 40 heavy (non-hydrogen) atoms. The van der Waals surface area contributed by atoms with Crippen molar-refractivity contribution >= 4 is 68.2 Å². The van der Waals surface area contributed by atoms with Crippen LogP contribution in [0.1, 0.15) is 12.0 Å². The van der Waals surface area contributed by atoms with Gasteiger partial charge in [-0.05, 0) is 72.3 Å². The number of nitrogens with one attached hydrogen (secondary N) is 1. The lowest BCUT2D eigenvalue weighted by Crippen LogP contribution is -2.33. The number of aliphatic carboxylic acids is 1. The summed E-state index contributed by atoms with van der Waals surface area (Å²) in [6, 6.07) is 17.9. The van der Waals surface area contributed by atoms with Crippen molar-refractivity contribution in [3.63, 3.8) is 0 Å². The van der Waals surface area contributed by atoms with Gasteiger partial charge in [0.15, 0.2) is 23.3 Å². The average molecular weight is 627 g/mol. The second-order valence-corrected chi connectivity index (χ2v) is 10.4. The van der Waals surface area contributed by atoms with Crippen molar-refractivity contribution in [1.29, 1.82) is 0 Å². The van der Waals surface area contributed by atoms with E-state index in [4.69, 9.17) is 14.6 Å². The Balaban J connectivity index is 1.53. The molecular formula is C27H23BrN4O7S. The number of anilines is 2. The number of phenols is 1. The molecule has 3 N–H and O–H groups in total. The Morgan fingerprint density at radius 2 is 1.82 bits per heavy atom. The van der Waals surface area contributed by atoms with Gasteiger partial charge in [-0.2, -0.15) is 5.10 Å². The molecule has 0 spiro atoms. The van der Waals surface area contributed by atoms with E-state index >= 15 is 0 Å². The number of carbonyl (C=O) groups is 3. The van der Waals surface area contributed by atoms with Gasteiger partial charge in [0.25, 0.3) is 0 Å². The molecule has 1 atom stereocenters. The van der Waals surface area contributed by atoms with E-state index in [-0.39, 0.29) is 34.9 Å². The van der Waals surface area contributed by atoms with E-state index in [1.165, 1.54) is 30.4 Å². The molecule has 4 rings (SSSR count). The third-order valence-corrected chi connectivity index (χ3v) is 7.09. The van der Waals surface area contributed by atoms with Gasteiger partial charge >= 0.3 is 5.97 Å². The van der Waals surface area contributed by atoms with Gasteiger partial charge in [-0.25, -0.2) is 4.79 Å². The maximum absolute atomic E-state index is 13.3. The van der Waals surface area contributed by atoms with E-state index in [0.717, 1.165) is 16.2 Å². The van der Waals surface area contributed by atoms with E-state index in [0.29, 0.717) is 22.7 Å². The second kappa shape index (κ2) is 13.1. The number of hydrogen-bond donors (Lipinski definition) is 3. The minimum atomic E-state index is -1.12. The molecule has 0 saturated carbocycles. The number of halogens is 1. The SMILES string of the molecule is COc1cc(C=NN=C2SC(CC(=O)Nc3ccc(Br)cc3)C(=O)N2c2ccc(O)cc2)ccc1OCC(=O)O. The summed E-state index contributed by atoms with van der Waals surface area (Å²) in [7, 11) is 1.42. The number of amidine groups is 1. The van der Waals surface area contributed by atoms with Crippen LogP contribution in [-0.2, 0) is 14.4 Å². The standard InChI is InChI=1S/C27H23BrN4O7S/c1-38-22-12-16(2-11-21(22)39-15-25(35)36)14-29-31-27-32(19-7-9-20(33)10-8-19)26(37)23(40-27)13-24(34)30-18-5-3-17(28)4-6-18/h2-12,14,23,33H,13,15H2,1H3,(H,30,34)(H,35,36). The first-order valence-electron chi connectivity index (χ1n) is 11.7. The van der Waals surface area contributed by atoms with Crippen LogP contribution < -0.4 is 19.7 Å². The van der Waals surface area contributed by atoms with Gasteiger partial charge in [0.1, 0.15) is 11.0 Å². The number of nitrogens with zero attached hydrogens (tertiary/aromatic N) is 3. The molecule has 0 aromatic heterocycles.